The number of benzene rings is 1. The highest BCUT2D eigenvalue weighted by Crippen LogP contribution is 2.31. The molecule has 0 aliphatic rings. The predicted octanol–water partition coefficient (Wildman–Crippen LogP) is 3.77. The molecule has 19 heavy (non-hydrogen) atoms. The fourth-order valence-corrected chi connectivity index (χ4v) is 2.15. The first-order valence-corrected chi connectivity index (χ1v) is 6.59. The Balaban J connectivity index is 2.32. The molecule has 0 amide bonds. The molecular formula is C15H19FN2O. The summed E-state index contributed by atoms with van der Waals surface area (Å²) >= 11 is 0. The SMILES string of the molecule is CCCC(C)COc1c(F)cc(N)c2cccnc12. The lowest BCUT2D eigenvalue weighted by molar-refractivity contribution is 0.244. The Morgan fingerprint density at radius 3 is 3.00 bits per heavy atom. The van der Waals surface area contributed by atoms with Crippen molar-refractivity contribution in [3.8, 4) is 5.75 Å². The van der Waals surface area contributed by atoms with E-state index in [1.807, 2.05) is 6.07 Å². The summed E-state index contributed by atoms with van der Waals surface area (Å²) in [4.78, 5) is 4.18. The topological polar surface area (TPSA) is 48.1 Å². The standard InChI is InChI=1S/C15H19FN2O/c1-3-5-10(2)9-19-15-12(16)8-13(17)11-6-4-7-18-14(11)15/h4,6-8,10H,3,5,9,17H2,1-2H3. The van der Waals surface area contributed by atoms with Gasteiger partial charge in [0.2, 0.25) is 0 Å². The molecule has 2 rings (SSSR count). The first-order valence-electron chi connectivity index (χ1n) is 6.59. The molecule has 0 saturated carbocycles. The summed E-state index contributed by atoms with van der Waals surface area (Å²) in [6, 6.07) is 4.89. The number of halogens is 1. The summed E-state index contributed by atoms with van der Waals surface area (Å²) in [5.74, 6) is 0.140. The second-order valence-electron chi connectivity index (χ2n) is 4.88. The molecular weight excluding hydrogens is 243 g/mol. The minimum absolute atomic E-state index is 0.202. The minimum Gasteiger partial charge on any atom is -0.488 e. The normalized spacial score (nSPS) is 12.6. The second kappa shape index (κ2) is 5.87. The van der Waals surface area contributed by atoms with Gasteiger partial charge in [0.1, 0.15) is 5.52 Å². The minimum atomic E-state index is -0.451. The number of ether oxygens (including phenoxy) is 1. The van der Waals surface area contributed by atoms with Crippen LogP contribution in [0, 0.1) is 11.7 Å². The number of rotatable bonds is 5. The summed E-state index contributed by atoms with van der Waals surface area (Å²) in [7, 11) is 0. The van der Waals surface area contributed by atoms with E-state index in [9.17, 15) is 4.39 Å². The average molecular weight is 262 g/mol. The van der Waals surface area contributed by atoms with Crippen molar-refractivity contribution in [2.75, 3.05) is 12.3 Å². The molecule has 3 nitrogen and oxygen atoms in total. The van der Waals surface area contributed by atoms with Crippen molar-refractivity contribution < 1.29 is 9.13 Å². The summed E-state index contributed by atoms with van der Waals surface area (Å²) in [6.07, 6.45) is 3.76. The van der Waals surface area contributed by atoms with Gasteiger partial charge in [-0.25, -0.2) is 4.39 Å². The number of nitrogens with two attached hydrogens (primary N) is 1. The average Bonchev–Trinajstić information content (AvgIpc) is 2.39. The number of nitrogen functional groups attached to an aromatic ring is 1. The molecule has 1 unspecified atom stereocenters. The molecule has 0 bridgehead atoms. The van der Waals surface area contributed by atoms with Gasteiger partial charge in [0.15, 0.2) is 11.6 Å². The van der Waals surface area contributed by atoms with E-state index in [0.29, 0.717) is 23.7 Å². The van der Waals surface area contributed by atoms with E-state index in [2.05, 4.69) is 18.8 Å². The molecule has 0 aliphatic carbocycles. The van der Waals surface area contributed by atoms with E-state index in [0.717, 1.165) is 18.2 Å². The lowest BCUT2D eigenvalue weighted by atomic mass is 10.1. The molecule has 1 heterocycles. The molecule has 0 aliphatic heterocycles. The monoisotopic (exact) mass is 262 g/mol. The van der Waals surface area contributed by atoms with Crippen molar-refractivity contribution in [1.29, 1.82) is 0 Å². The molecule has 0 radical (unpaired) electrons. The van der Waals surface area contributed by atoms with E-state index < -0.39 is 5.82 Å². The molecule has 102 valence electrons. The highest BCUT2D eigenvalue weighted by Gasteiger charge is 2.14. The van der Waals surface area contributed by atoms with E-state index in [1.54, 1.807) is 12.3 Å². The van der Waals surface area contributed by atoms with E-state index >= 15 is 0 Å². The van der Waals surface area contributed by atoms with Crippen LogP contribution in [0.15, 0.2) is 24.4 Å². The fraction of sp³-hybridized carbons (Fsp3) is 0.400. The smallest absolute Gasteiger partial charge is 0.181 e. The molecule has 0 spiro atoms. The Labute approximate surface area is 112 Å². The molecule has 1 aromatic carbocycles. The largest absolute Gasteiger partial charge is 0.488 e. The third-order valence-corrected chi connectivity index (χ3v) is 3.13. The van der Waals surface area contributed by atoms with Crippen LogP contribution < -0.4 is 10.5 Å². The van der Waals surface area contributed by atoms with Crippen LogP contribution in [0.1, 0.15) is 26.7 Å². The molecule has 2 aromatic rings. The molecule has 4 heteroatoms. The van der Waals surface area contributed by atoms with Crippen LogP contribution in [0.2, 0.25) is 0 Å². The Morgan fingerprint density at radius 1 is 1.47 bits per heavy atom. The third-order valence-electron chi connectivity index (χ3n) is 3.13. The molecule has 1 aromatic heterocycles. The highest BCUT2D eigenvalue weighted by molar-refractivity contribution is 5.94. The summed E-state index contributed by atoms with van der Waals surface area (Å²) in [6.45, 7) is 4.70. The first kappa shape index (κ1) is 13.6. The number of anilines is 1. The van der Waals surface area contributed by atoms with Gasteiger partial charge in [-0.1, -0.05) is 20.3 Å². The van der Waals surface area contributed by atoms with Crippen LogP contribution in [-0.4, -0.2) is 11.6 Å². The zero-order valence-electron chi connectivity index (χ0n) is 11.3. The Hall–Kier alpha value is -1.84. The number of hydrogen-bond acceptors (Lipinski definition) is 3. The Morgan fingerprint density at radius 2 is 2.26 bits per heavy atom. The second-order valence-corrected chi connectivity index (χ2v) is 4.88. The van der Waals surface area contributed by atoms with Gasteiger partial charge >= 0.3 is 0 Å². The zero-order valence-corrected chi connectivity index (χ0v) is 11.3. The maximum atomic E-state index is 14.0. The van der Waals surface area contributed by atoms with Crippen LogP contribution in [0.3, 0.4) is 0 Å². The van der Waals surface area contributed by atoms with Gasteiger partial charge in [0, 0.05) is 23.3 Å². The lowest BCUT2D eigenvalue weighted by Gasteiger charge is -2.14. The summed E-state index contributed by atoms with van der Waals surface area (Å²) in [5.41, 5.74) is 6.67. The molecule has 1 atom stereocenters. The summed E-state index contributed by atoms with van der Waals surface area (Å²) in [5, 5.41) is 0.724. The molecule has 0 saturated heterocycles. The van der Waals surface area contributed by atoms with Crippen molar-refractivity contribution in [1.82, 2.24) is 4.98 Å². The van der Waals surface area contributed by atoms with Crippen molar-refractivity contribution in [3.05, 3.63) is 30.2 Å². The van der Waals surface area contributed by atoms with Gasteiger partial charge in [0.25, 0.3) is 0 Å². The Kier molecular flexibility index (Phi) is 4.20. The number of pyridine rings is 1. The summed E-state index contributed by atoms with van der Waals surface area (Å²) < 4.78 is 19.6. The van der Waals surface area contributed by atoms with Gasteiger partial charge in [-0.3, -0.25) is 4.98 Å². The van der Waals surface area contributed by atoms with Gasteiger partial charge < -0.3 is 10.5 Å². The van der Waals surface area contributed by atoms with E-state index in [4.69, 9.17) is 10.5 Å². The van der Waals surface area contributed by atoms with Crippen molar-refractivity contribution in [2.24, 2.45) is 5.92 Å². The van der Waals surface area contributed by atoms with Gasteiger partial charge in [-0.05, 0) is 24.5 Å². The first-order chi connectivity index (χ1) is 9.13. The van der Waals surface area contributed by atoms with Crippen molar-refractivity contribution >= 4 is 16.6 Å². The quantitative estimate of drug-likeness (QED) is 0.834. The number of fused-ring (bicyclic) bond motifs is 1. The maximum Gasteiger partial charge on any atom is 0.181 e. The highest BCUT2D eigenvalue weighted by atomic mass is 19.1. The predicted molar refractivity (Wildman–Crippen MR) is 75.7 cm³/mol. The van der Waals surface area contributed by atoms with Crippen LogP contribution >= 0.6 is 0 Å². The van der Waals surface area contributed by atoms with E-state index in [1.165, 1.54) is 6.07 Å². The van der Waals surface area contributed by atoms with E-state index in [-0.39, 0.29) is 5.75 Å². The van der Waals surface area contributed by atoms with Gasteiger partial charge in [0.05, 0.1) is 6.61 Å². The van der Waals surface area contributed by atoms with Crippen LogP contribution in [-0.2, 0) is 0 Å². The van der Waals surface area contributed by atoms with Crippen LogP contribution in [0.25, 0.3) is 10.9 Å². The number of aromatic nitrogens is 1. The molecule has 2 N–H and O–H groups in total. The van der Waals surface area contributed by atoms with Crippen molar-refractivity contribution in [3.63, 3.8) is 0 Å². The fourth-order valence-electron chi connectivity index (χ4n) is 2.15. The van der Waals surface area contributed by atoms with Gasteiger partial charge in [-0.15, -0.1) is 0 Å². The third kappa shape index (κ3) is 2.95. The molecule has 0 fully saturated rings. The lowest BCUT2D eigenvalue weighted by Crippen LogP contribution is -2.10. The Bertz CT molecular complexity index is 571. The van der Waals surface area contributed by atoms with Crippen molar-refractivity contribution in [2.45, 2.75) is 26.7 Å². The zero-order chi connectivity index (χ0) is 13.8. The number of hydrogen-bond donors (Lipinski definition) is 1. The number of nitrogens with zero attached hydrogens (tertiary/aromatic N) is 1. The maximum absolute atomic E-state index is 14.0. The van der Waals surface area contributed by atoms with Crippen LogP contribution in [0.5, 0.6) is 5.75 Å². The van der Waals surface area contributed by atoms with Crippen LogP contribution in [0.4, 0.5) is 10.1 Å². The van der Waals surface area contributed by atoms with Gasteiger partial charge in [-0.2, -0.15) is 0 Å².